The Bertz CT molecular complexity index is 358. The minimum absolute atomic E-state index is 0.502. The zero-order valence-electron chi connectivity index (χ0n) is 10.2. The Kier molecular flexibility index (Phi) is 5.41. The first kappa shape index (κ1) is 13.1. The van der Waals surface area contributed by atoms with Gasteiger partial charge in [-0.15, -0.1) is 0 Å². The smallest absolute Gasteiger partial charge is 0.122 e. The van der Waals surface area contributed by atoms with Crippen molar-refractivity contribution < 1.29 is 4.74 Å². The van der Waals surface area contributed by atoms with Gasteiger partial charge in [-0.1, -0.05) is 30.7 Å². The first-order chi connectivity index (χ1) is 7.67. The van der Waals surface area contributed by atoms with Gasteiger partial charge < -0.3 is 4.74 Å². The molecular formula is C14H19ClO. The Labute approximate surface area is 103 Å². The topological polar surface area (TPSA) is 9.23 Å². The van der Waals surface area contributed by atoms with Gasteiger partial charge in [0.25, 0.3) is 0 Å². The minimum Gasteiger partial charge on any atom is -0.494 e. The Hall–Kier alpha value is -0.950. The van der Waals surface area contributed by atoms with E-state index in [1.165, 1.54) is 5.56 Å². The molecule has 0 saturated heterocycles. The van der Waals surface area contributed by atoms with Crippen molar-refractivity contribution in [3.05, 3.63) is 40.9 Å². The van der Waals surface area contributed by atoms with Gasteiger partial charge in [0.1, 0.15) is 5.75 Å². The highest BCUT2D eigenvalue weighted by molar-refractivity contribution is 6.30. The second kappa shape index (κ2) is 6.59. The van der Waals surface area contributed by atoms with Crippen LogP contribution >= 0.6 is 11.6 Å². The van der Waals surface area contributed by atoms with Crippen LogP contribution in [0.15, 0.2) is 30.4 Å². The number of benzene rings is 1. The van der Waals surface area contributed by atoms with Gasteiger partial charge in [0.15, 0.2) is 0 Å². The highest BCUT2D eigenvalue weighted by Crippen LogP contribution is 2.25. The van der Waals surface area contributed by atoms with Gasteiger partial charge in [0.05, 0.1) is 6.61 Å². The quantitative estimate of drug-likeness (QED) is 0.687. The molecule has 0 radical (unpaired) electrons. The van der Waals surface area contributed by atoms with Gasteiger partial charge in [-0.3, -0.25) is 0 Å². The molecule has 0 aliphatic heterocycles. The van der Waals surface area contributed by atoms with Crippen molar-refractivity contribution in [2.45, 2.75) is 27.2 Å². The Morgan fingerprint density at radius 3 is 2.81 bits per heavy atom. The van der Waals surface area contributed by atoms with Gasteiger partial charge in [0, 0.05) is 5.02 Å². The van der Waals surface area contributed by atoms with Gasteiger partial charge in [-0.05, 0) is 49.9 Å². The lowest BCUT2D eigenvalue weighted by molar-refractivity contribution is 0.335. The summed E-state index contributed by atoms with van der Waals surface area (Å²) in [6.45, 7) is 6.91. The molecule has 0 spiro atoms. The molecule has 1 rings (SSSR count). The lowest BCUT2D eigenvalue weighted by Gasteiger charge is -2.12. The Balaban J connectivity index is 2.86. The molecule has 0 amide bonds. The van der Waals surface area contributed by atoms with Crippen LogP contribution in [0.2, 0.25) is 5.02 Å². The third-order valence-corrected chi connectivity index (χ3v) is 2.62. The summed E-state index contributed by atoms with van der Waals surface area (Å²) in [6, 6.07) is 5.81. The predicted octanol–water partition coefficient (Wildman–Crippen LogP) is 4.49. The minimum atomic E-state index is 0.502. The van der Waals surface area contributed by atoms with Crippen molar-refractivity contribution in [1.82, 2.24) is 0 Å². The lowest BCUT2D eigenvalue weighted by Crippen LogP contribution is -2.01. The zero-order valence-corrected chi connectivity index (χ0v) is 10.9. The molecule has 0 saturated carbocycles. The number of hydrogen-bond donors (Lipinski definition) is 0. The lowest BCUT2D eigenvalue weighted by atomic mass is 10.00. The molecule has 1 unspecified atom stereocenters. The second-order valence-electron chi connectivity index (χ2n) is 3.89. The van der Waals surface area contributed by atoms with E-state index in [1.54, 1.807) is 0 Å². The van der Waals surface area contributed by atoms with Crippen LogP contribution in [-0.2, 0) is 6.42 Å². The molecule has 1 atom stereocenters. The SMILES string of the molecule is C/C=C\C(C)Cc1cc(Cl)ccc1OCC. The number of rotatable bonds is 5. The van der Waals surface area contributed by atoms with Gasteiger partial charge in [-0.25, -0.2) is 0 Å². The van der Waals surface area contributed by atoms with E-state index < -0.39 is 0 Å². The summed E-state index contributed by atoms with van der Waals surface area (Å²) in [4.78, 5) is 0. The van der Waals surface area contributed by atoms with E-state index in [9.17, 15) is 0 Å². The summed E-state index contributed by atoms with van der Waals surface area (Å²) >= 11 is 6.00. The molecule has 0 aromatic heterocycles. The third kappa shape index (κ3) is 3.90. The molecular weight excluding hydrogens is 220 g/mol. The first-order valence-corrected chi connectivity index (χ1v) is 6.09. The molecule has 0 aliphatic rings. The van der Waals surface area contributed by atoms with Crippen molar-refractivity contribution in [3.63, 3.8) is 0 Å². The van der Waals surface area contributed by atoms with Crippen LogP contribution in [0.5, 0.6) is 5.75 Å². The number of hydrogen-bond acceptors (Lipinski definition) is 1. The fourth-order valence-corrected chi connectivity index (χ4v) is 1.94. The van der Waals surface area contributed by atoms with Crippen LogP contribution in [0.4, 0.5) is 0 Å². The maximum Gasteiger partial charge on any atom is 0.122 e. The summed E-state index contributed by atoms with van der Waals surface area (Å²) in [5, 5.41) is 0.770. The molecule has 1 nitrogen and oxygen atoms in total. The van der Waals surface area contributed by atoms with Gasteiger partial charge in [-0.2, -0.15) is 0 Å². The van der Waals surface area contributed by atoms with Crippen LogP contribution in [0.3, 0.4) is 0 Å². The second-order valence-corrected chi connectivity index (χ2v) is 4.33. The van der Waals surface area contributed by atoms with Crippen LogP contribution in [0.25, 0.3) is 0 Å². The molecule has 0 heterocycles. The normalized spacial score (nSPS) is 13.0. The summed E-state index contributed by atoms with van der Waals surface area (Å²) in [7, 11) is 0. The van der Waals surface area contributed by atoms with E-state index in [-0.39, 0.29) is 0 Å². The molecule has 1 aromatic carbocycles. The summed E-state index contributed by atoms with van der Waals surface area (Å²) in [5.41, 5.74) is 1.18. The third-order valence-electron chi connectivity index (χ3n) is 2.39. The fraction of sp³-hybridized carbons (Fsp3) is 0.429. The van der Waals surface area contributed by atoms with Crippen LogP contribution in [-0.4, -0.2) is 6.61 Å². The van der Waals surface area contributed by atoms with Gasteiger partial charge in [0.2, 0.25) is 0 Å². The van der Waals surface area contributed by atoms with Crippen molar-refractivity contribution in [2.75, 3.05) is 6.61 Å². The van der Waals surface area contributed by atoms with Crippen molar-refractivity contribution in [3.8, 4) is 5.75 Å². The summed E-state index contributed by atoms with van der Waals surface area (Å²) in [6.07, 6.45) is 5.23. The van der Waals surface area contributed by atoms with Crippen LogP contribution in [0.1, 0.15) is 26.3 Å². The molecule has 0 bridgehead atoms. The predicted molar refractivity (Wildman–Crippen MR) is 70.3 cm³/mol. The maximum absolute atomic E-state index is 6.00. The average Bonchev–Trinajstić information content (AvgIpc) is 2.22. The van der Waals surface area contributed by atoms with E-state index in [0.29, 0.717) is 12.5 Å². The molecule has 1 aromatic rings. The molecule has 0 aliphatic carbocycles. The highest BCUT2D eigenvalue weighted by atomic mass is 35.5. The van der Waals surface area contributed by atoms with Gasteiger partial charge >= 0.3 is 0 Å². The molecule has 88 valence electrons. The van der Waals surface area contributed by atoms with E-state index in [2.05, 4.69) is 19.1 Å². The monoisotopic (exact) mass is 238 g/mol. The van der Waals surface area contributed by atoms with Crippen molar-refractivity contribution in [1.29, 1.82) is 0 Å². The largest absolute Gasteiger partial charge is 0.494 e. The van der Waals surface area contributed by atoms with E-state index in [0.717, 1.165) is 17.2 Å². The molecule has 0 fully saturated rings. The summed E-state index contributed by atoms with van der Waals surface area (Å²) in [5.74, 6) is 1.45. The first-order valence-electron chi connectivity index (χ1n) is 5.71. The van der Waals surface area contributed by atoms with E-state index in [4.69, 9.17) is 16.3 Å². The summed E-state index contributed by atoms with van der Waals surface area (Å²) < 4.78 is 5.59. The average molecular weight is 239 g/mol. The van der Waals surface area contributed by atoms with Crippen LogP contribution in [0, 0.1) is 5.92 Å². The Morgan fingerprint density at radius 1 is 1.44 bits per heavy atom. The maximum atomic E-state index is 6.00. The number of ether oxygens (including phenoxy) is 1. The van der Waals surface area contributed by atoms with Crippen molar-refractivity contribution in [2.24, 2.45) is 5.92 Å². The number of allylic oxidation sites excluding steroid dienone is 2. The molecule has 0 N–H and O–H groups in total. The van der Waals surface area contributed by atoms with E-state index >= 15 is 0 Å². The highest BCUT2D eigenvalue weighted by Gasteiger charge is 2.07. The Morgan fingerprint density at radius 2 is 2.19 bits per heavy atom. The zero-order chi connectivity index (χ0) is 12.0. The molecule has 16 heavy (non-hydrogen) atoms. The number of halogens is 1. The van der Waals surface area contributed by atoms with E-state index in [1.807, 2.05) is 32.0 Å². The van der Waals surface area contributed by atoms with Crippen molar-refractivity contribution >= 4 is 11.6 Å². The standard InChI is InChI=1S/C14H19ClO/c1-4-6-11(3)9-12-10-13(15)7-8-14(12)16-5-2/h4,6-8,10-11H,5,9H2,1-3H3/b6-4-. The fourth-order valence-electron chi connectivity index (χ4n) is 1.75. The van der Waals surface area contributed by atoms with Crippen LogP contribution < -0.4 is 4.74 Å². The molecule has 2 heteroatoms.